The number of aliphatic hydroxyl groups is 1. The minimum Gasteiger partial charge on any atom is -0.462 e. The lowest BCUT2D eigenvalue weighted by molar-refractivity contribution is -0.163. The number of hydrogen-bond acceptors (Lipinski definition) is 8. The second kappa shape index (κ2) is 41.2. The van der Waals surface area contributed by atoms with Gasteiger partial charge in [0, 0.05) is 12.8 Å². The maximum Gasteiger partial charge on any atom is 0.306 e. The summed E-state index contributed by atoms with van der Waals surface area (Å²) in [4.78, 5) is 25.0. The largest absolute Gasteiger partial charge is 0.462 e. The van der Waals surface area contributed by atoms with Crippen LogP contribution in [0.4, 0.5) is 0 Å². The summed E-state index contributed by atoms with van der Waals surface area (Å²) in [7, 11) is 0. The molecule has 0 heterocycles. The van der Waals surface area contributed by atoms with Gasteiger partial charge in [0.25, 0.3) is 0 Å². The van der Waals surface area contributed by atoms with E-state index in [0.717, 1.165) is 38.5 Å². The molecule has 0 radical (unpaired) electrons. The highest BCUT2D eigenvalue weighted by Gasteiger charge is 2.17. The molecule has 8 nitrogen and oxygen atoms in total. The minimum atomic E-state index is -0.627. The fourth-order valence-electron chi connectivity index (χ4n) is 5.91. The Morgan fingerprint density at radius 2 is 0.776 bits per heavy atom. The van der Waals surface area contributed by atoms with E-state index >= 15 is 0 Å². The van der Waals surface area contributed by atoms with Crippen molar-refractivity contribution >= 4 is 11.9 Å². The zero-order valence-corrected chi connectivity index (χ0v) is 32.3. The number of ether oxygens (including phenoxy) is 5. The first kappa shape index (κ1) is 47.8. The van der Waals surface area contributed by atoms with Crippen LogP contribution < -0.4 is 0 Å². The predicted octanol–water partition coefficient (Wildman–Crippen LogP) is 10.4. The molecule has 0 amide bonds. The first-order valence-corrected chi connectivity index (χ1v) is 20.8. The van der Waals surface area contributed by atoms with Gasteiger partial charge in [-0.15, -0.1) is 0 Å². The highest BCUT2D eigenvalue weighted by Crippen LogP contribution is 2.15. The Kier molecular flexibility index (Phi) is 40.2. The molecule has 0 rings (SSSR count). The van der Waals surface area contributed by atoms with Crippen LogP contribution in [0, 0.1) is 0 Å². The van der Waals surface area contributed by atoms with Gasteiger partial charge >= 0.3 is 11.9 Å². The van der Waals surface area contributed by atoms with Gasteiger partial charge in [-0.05, 0) is 12.8 Å². The molecule has 0 bridgehead atoms. The topological polar surface area (TPSA) is 101 Å². The van der Waals surface area contributed by atoms with E-state index in [0.29, 0.717) is 45.9 Å². The molecule has 0 fully saturated rings. The van der Waals surface area contributed by atoms with E-state index in [-0.39, 0.29) is 31.8 Å². The van der Waals surface area contributed by atoms with Crippen molar-refractivity contribution in [1.29, 1.82) is 0 Å². The van der Waals surface area contributed by atoms with E-state index in [1.165, 1.54) is 128 Å². The predicted molar refractivity (Wildman–Crippen MR) is 201 cm³/mol. The van der Waals surface area contributed by atoms with Gasteiger partial charge in [-0.1, -0.05) is 168 Å². The van der Waals surface area contributed by atoms with E-state index in [1.54, 1.807) is 0 Å². The van der Waals surface area contributed by atoms with Crippen molar-refractivity contribution in [2.45, 2.75) is 200 Å². The average molecular weight is 701 g/mol. The molecule has 8 heteroatoms. The Bertz CT molecular complexity index is 674. The monoisotopic (exact) mass is 701 g/mol. The molecule has 0 aliphatic carbocycles. The molecule has 0 aromatic carbocycles. The van der Waals surface area contributed by atoms with E-state index in [2.05, 4.69) is 13.8 Å². The molecule has 0 aliphatic heterocycles. The van der Waals surface area contributed by atoms with Crippen molar-refractivity contribution in [3.8, 4) is 0 Å². The average Bonchev–Trinajstić information content (AvgIpc) is 3.10. The lowest BCUT2D eigenvalue weighted by atomic mass is 10.0. The van der Waals surface area contributed by atoms with Crippen LogP contribution in [-0.2, 0) is 33.3 Å². The molecule has 0 unspecified atom stereocenters. The molecule has 0 aliphatic rings. The van der Waals surface area contributed by atoms with Crippen LogP contribution in [0.5, 0.6) is 0 Å². The first-order chi connectivity index (χ1) is 24.1. The molecule has 49 heavy (non-hydrogen) atoms. The lowest BCUT2D eigenvalue weighted by Gasteiger charge is -2.18. The minimum absolute atomic E-state index is 0.00739. The van der Waals surface area contributed by atoms with Crippen LogP contribution >= 0.6 is 0 Å². The second-order valence-electron chi connectivity index (χ2n) is 13.8. The number of carbonyl (C=O) groups is 2. The molecule has 1 atom stereocenters. The summed E-state index contributed by atoms with van der Waals surface area (Å²) >= 11 is 0. The summed E-state index contributed by atoms with van der Waals surface area (Å²) in [5.74, 6) is -0.506. The van der Waals surface area contributed by atoms with Gasteiger partial charge in [0.2, 0.25) is 0 Å². The van der Waals surface area contributed by atoms with Crippen LogP contribution in [0.2, 0.25) is 0 Å². The maximum absolute atomic E-state index is 12.6. The molecule has 0 saturated heterocycles. The SMILES string of the molecule is CCCCCCCCCCCCCCCC(=O)OC[C@H](COCCOCCOCCO)OC(=O)CCCCCCCCCCCCCCC. The second-order valence-corrected chi connectivity index (χ2v) is 13.8. The third-order valence-electron chi connectivity index (χ3n) is 8.98. The van der Waals surface area contributed by atoms with Crippen LogP contribution in [0.1, 0.15) is 194 Å². The smallest absolute Gasteiger partial charge is 0.306 e. The number of unbranched alkanes of at least 4 members (excludes halogenated alkanes) is 24. The van der Waals surface area contributed by atoms with Crippen molar-refractivity contribution < 1.29 is 38.4 Å². The Labute approximate surface area is 302 Å². The van der Waals surface area contributed by atoms with Gasteiger partial charge in [0.15, 0.2) is 6.10 Å². The quantitative estimate of drug-likeness (QED) is 0.0497. The highest BCUT2D eigenvalue weighted by molar-refractivity contribution is 5.70. The van der Waals surface area contributed by atoms with E-state index in [9.17, 15) is 9.59 Å². The summed E-state index contributed by atoms with van der Waals surface area (Å²) in [6.45, 7) is 6.51. The third-order valence-corrected chi connectivity index (χ3v) is 8.98. The fourth-order valence-corrected chi connectivity index (χ4v) is 5.91. The Balaban J connectivity index is 4.12. The maximum atomic E-state index is 12.6. The standard InChI is InChI=1S/C41H80O8/c1-3-5-7-9-11-13-15-17-19-21-23-25-27-29-40(43)48-38-39(37-47-36-35-46-34-33-45-32-31-42)49-41(44)30-28-26-24-22-20-18-16-14-12-10-8-6-4-2/h39,42H,3-38H2,1-2H3/t39-/m0/s1. The number of rotatable bonds is 41. The summed E-state index contributed by atoms with van der Waals surface area (Å²) in [6.07, 6.45) is 32.9. The first-order valence-electron chi connectivity index (χ1n) is 20.8. The van der Waals surface area contributed by atoms with Crippen LogP contribution in [0.25, 0.3) is 0 Å². The van der Waals surface area contributed by atoms with Crippen molar-refractivity contribution in [3.05, 3.63) is 0 Å². The van der Waals surface area contributed by atoms with E-state index < -0.39 is 6.10 Å². The molecule has 0 saturated carbocycles. The molecule has 292 valence electrons. The van der Waals surface area contributed by atoms with Gasteiger partial charge in [-0.25, -0.2) is 0 Å². The van der Waals surface area contributed by atoms with Crippen molar-refractivity contribution in [2.24, 2.45) is 0 Å². The molecule has 1 N–H and O–H groups in total. The van der Waals surface area contributed by atoms with Gasteiger partial charge in [-0.3, -0.25) is 9.59 Å². The van der Waals surface area contributed by atoms with Crippen molar-refractivity contribution in [2.75, 3.05) is 52.9 Å². The Hall–Kier alpha value is -1.22. The molecular weight excluding hydrogens is 620 g/mol. The highest BCUT2D eigenvalue weighted by atomic mass is 16.6. The van der Waals surface area contributed by atoms with Gasteiger partial charge in [-0.2, -0.15) is 0 Å². The van der Waals surface area contributed by atoms with Crippen molar-refractivity contribution in [3.63, 3.8) is 0 Å². The van der Waals surface area contributed by atoms with Gasteiger partial charge < -0.3 is 28.8 Å². The van der Waals surface area contributed by atoms with Crippen molar-refractivity contribution in [1.82, 2.24) is 0 Å². The van der Waals surface area contributed by atoms with E-state index in [4.69, 9.17) is 28.8 Å². The van der Waals surface area contributed by atoms with Gasteiger partial charge in [0.05, 0.1) is 46.2 Å². The Morgan fingerprint density at radius 1 is 0.429 bits per heavy atom. The summed E-state index contributed by atoms with van der Waals surface area (Å²) < 4.78 is 27.5. The molecular formula is C41H80O8. The molecule has 0 spiro atoms. The normalized spacial score (nSPS) is 12.0. The third kappa shape index (κ3) is 39.4. The number of carbonyl (C=O) groups excluding carboxylic acids is 2. The number of hydrogen-bond donors (Lipinski definition) is 1. The summed E-state index contributed by atoms with van der Waals surface area (Å²) in [5.41, 5.74) is 0. The molecule has 0 aromatic heterocycles. The van der Waals surface area contributed by atoms with Crippen LogP contribution in [0.3, 0.4) is 0 Å². The van der Waals surface area contributed by atoms with Crippen LogP contribution in [-0.4, -0.2) is 76.0 Å². The zero-order chi connectivity index (χ0) is 35.7. The lowest BCUT2D eigenvalue weighted by Crippen LogP contribution is -2.30. The van der Waals surface area contributed by atoms with Gasteiger partial charge in [0.1, 0.15) is 6.61 Å². The van der Waals surface area contributed by atoms with E-state index in [1.807, 2.05) is 0 Å². The molecule has 0 aromatic rings. The number of aliphatic hydroxyl groups excluding tert-OH is 1. The summed E-state index contributed by atoms with van der Waals surface area (Å²) in [5, 5.41) is 8.74. The van der Waals surface area contributed by atoms with Crippen LogP contribution in [0.15, 0.2) is 0 Å². The Morgan fingerprint density at radius 3 is 1.18 bits per heavy atom. The number of esters is 2. The fraction of sp³-hybridized carbons (Fsp3) is 0.951. The summed E-state index contributed by atoms with van der Waals surface area (Å²) in [6, 6.07) is 0. The zero-order valence-electron chi connectivity index (χ0n) is 32.3.